The molecule has 4 heteroatoms. The van der Waals surface area contributed by atoms with Crippen molar-refractivity contribution < 1.29 is 9.59 Å². The Bertz CT molecular complexity index is 180. The van der Waals surface area contributed by atoms with Crippen molar-refractivity contribution in [3.8, 4) is 0 Å². The standard InChI is InChI=1S/C9H18N2O2/c1-6(2)8(10-4)9(13)11-7(3)5-12/h5-8,10H,1-4H3,(H,11,13)/t7-,8-/m0/s1. The topological polar surface area (TPSA) is 58.2 Å². The third kappa shape index (κ3) is 4.03. The first-order chi connectivity index (χ1) is 6.02. The van der Waals surface area contributed by atoms with Gasteiger partial charge in [0, 0.05) is 0 Å². The number of aldehydes is 1. The molecule has 2 atom stereocenters. The van der Waals surface area contributed by atoms with Crippen LogP contribution in [0.5, 0.6) is 0 Å². The van der Waals surface area contributed by atoms with E-state index < -0.39 is 6.04 Å². The molecule has 0 rings (SSSR count). The summed E-state index contributed by atoms with van der Waals surface area (Å²) in [4.78, 5) is 21.7. The minimum Gasteiger partial charge on any atom is -0.346 e. The molecular formula is C9H18N2O2. The number of likely N-dealkylation sites (N-methyl/N-ethyl adjacent to an activating group) is 1. The van der Waals surface area contributed by atoms with Crippen molar-refractivity contribution in [2.24, 2.45) is 5.92 Å². The first-order valence-corrected chi connectivity index (χ1v) is 4.45. The highest BCUT2D eigenvalue weighted by atomic mass is 16.2. The fraction of sp³-hybridized carbons (Fsp3) is 0.778. The average Bonchev–Trinajstić information content (AvgIpc) is 2.04. The van der Waals surface area contributed by atoms with Gasteiger partial charge in [0.25, 0.3) is 0 Å². The van der Waals surface area contributed by atoms with Crippen LogP contribution in [0.2, 0.25) is 0 Å². The predicted octanol–water partition coefficient (Wildman–Crippen LogP) is -0.0660. The van der Waals surface area contributed by atoms with Gasteiger partial charge in [0.2, 0.25) is 5.91 Å². The van der Waals surface area contributed by atoms with E-state index in [1.807, 2.05) is 13.8 Å². The monoisotopic (exact) mass is 186 g/mol. The first-order valence-electron chi connectivity index (χ1n) is 4.45. The molecule has 1 amide bonds. The van der Waals surface area contributed by atoms with Crippen LogP contribution >= 0.6 is 0 Å². The van der Waals surface area contributed by atoms with Crippen LogP contribution in [0.15, 0.2) is 0 Å². The fourth-order valence-corrected chi connectivity index (χ4v) is 1.12. The van der Waals surface area contributed by atoms with Crippen LogP contribution in [0.4, 0.5) is 0 Å². The summed E-state index contributed by atoms with van der Waals surface area (Å²) < 4.78 is 0. The van der Waals surface area contributed by atoms with E-state index in [2.05, 4.69) is 10.6 Å². The number of carbonyl (C=O) groups is 2. The van der Waals surface area contributed by atoms with Crippen molar-refractivity contribution in [3.05, 3.63) is 0 Å². The normalized spacial score (nSPS) is 15.2. The molecule has 0 bridgehead atoms. The third-order valence-electron chi connectivity index (χ3n) is 1.83. The maximum Gasteiger partial charge on any atom is 0.237 e. The molecule has 0 unspecified atom stereocenters. The van der Waals surface area contributed by atoms with Gasteiger partial charge in [-0.1, -0.05) is 13.8 Å². The van der Waals surface area contributed by atoms with Gasteiger partial charge in [-0.3, -0.25) is 4.79 Å². The Morgan fingerprint density at radius 3 is 2.15 bits per heavy atom. The molecule has 0 aliphatic rings. The largest absolute Gasteiger partial charge is 0.346 e. The second-order valence-electron chi connectivity index (χ2n) is 3.44. The van der Waals surface area contributed by atoms with E-state index in [4.69, 9.17) is 0 Å². The molecule has 76 valence electrons. The van der Waals surface area contributed by atoms with Crippen LogP contribution in [-0.2, 0) is 9.59 Å². The van der Waals surface area contributed by atoms with Gasteiger partial charge < -0.3 is 15.4 Å². The summed E-state index contributed by atoms with van der Waals surface area (Å²) >= 11 is 0. The van der Waals surface area contributed by atoms with E-state index in [0.717, 1.165) is 0 Å². The lowest BCUT2D eigenvalue weighted by Gasteiger charge is -2.20. The van der Waals surface area contributed by atoms with Crippen molar-refractivity contribution in [3.63, 3.8) is 0 Å². The van der Waals surface area contributed by atoms with Crippen LogP contribution in [-0.4, -0.2) is 31.3 Å². The van der Waals surface area contributed by atoms with Gasteiger partial charge in [0.05, 0.1) is 12.1 Å². The maximum absolute atomic E-state index is 11.5. The molecule has 13 heavy (non-hydrogen) atoms. The minimum absolute atomic E-state index is 0.128. The summed E-state index contributed by atoms with van der Waals surface area (Å²) in [5.41, 5.74) is 0. The molecule has 0 aliphatic heterocycles. The SMILES string of the molecule is CN[C@H](C(=O)N[C@@H](C)C=O)C(C)C. The average molecular weight is 186 g/mol. The number of hydrogen-bond donors (Lipinski definition) is 2. The lowest BCUT2D eigenvalue weighted by molar-refractivity contribution is -0.126. The number of hydrogen-bond acceptors (Lipinski definition) is 3. The van der Waals surface area contributed by atoms with E-state index in [1.54, 1.807) is 14.0 Å². The van der Waals surface area contributed by atoms with Crippen LogP contribution in [0.25, 0.3) is 0 Å². The van der Waals surface area contributed by atoms with Crippen LogP contribution in [0.3, 0.4) is 0 Å². The van der Waals surface area contributed by atoms with Gasteiger partial charge in [0.1, 0.15) is 6.29 Å². The highest BCUT2D eigenvalue weighted by Crippen LogP contribution is 2.00. The van der Waals surface area contributed by atoms with Crippen molar-refractivity contribution in [2.45, 2.75) is 32.9 Å². The van der Waals surface area contributed by atoms with Crippen LogP contribution in [0.1, 0.15) is 20.8 Å². The van der Waals surface area contributed by atoms with Gasteiger partial charge in [0.15, 0.2) is 0 Å². The Morgan fingerprint density at radius 1 is 1.31 bits per heavy atom. The quantitative estimate of drug-likeness (QED) is 0.591. The molecule has 4 nitrogen and oxygen atoms in total. The van der Waals surface area contributed by atoms with E-state index in [9.17, 15) is 9.59 Å². The Hall–Kier alpha value is -0.900. The molecule has 0 aliphatic carbocycles. The molecule has 0 spiro atoms. The summed E-state index contributed by atoms with van der Waals surface area (Å²) in [6, 6.07) is -0.649. The van der Waals surface area contributed by atoms with Gasteiger partial charge in [-0.25, -0.2) is 0 Å². The van der Waals surface area contributed by atoms with Gasteiger partial charge in [-0.2, -0.15) is 0 Å². The van der Waals surface area contributed by atoms with Crippen molar-refractivity contribution in [2.75, 3.05) is 7.05 Å². The van der Waals surface area contributed by atoms with Crippen molar-refractivity contribution >= 4 is 12.2 Å². The fourth-order valence-electron chi connectivity index (χ4n) is 1.12. The molecule has 0 heterocycles. The summed E-state index contributed by atoms with van der Waals surface area (Å²) in [6.07, 6.45) is 0.713. The Kier molecular flexibility index (Phi) is 5.30. The molecular weight excluding hydrogens is 168 g/mol. The van der Waals surface area contributed by atoms with Gasteiger partial charge in [-0.15, -0.1) is 0 Å². The zero-order valence-electron chi connectivity index (χ0n) is 8.63. The Morgan fingerprint density at radius 2 is 1.85 bits per heavy atom. The predicted molar refractivity (Wildman–Crippen MR) is 51.4 cm³/mol. The van der Waals surface area contributed by atoms with Gasteiger partial charge in [-0.05, 0) is 19.9 Å². The summed E-state index contributed by atoms with van der Waals surface area (Å²) in [6.45, 7) is 5.55. The highest BCUT2D eigenvalue weighted by molar-refractivity contribution is 5.84. The number of rotatable bonds is 5. The third-order valence-corrected chi connectivity index (χ3v) is 1.83. The second kappa shape index (κ2) is 5.70. The van der Waals surface area contributed by atoms with E-state index >= 15 is 0 Å². The molecule has 0 saturated carbocycles. The minimum atomic E-state index is -0.415. The van der Waals surface area contributed by atoms with Gasteiger partial charge >= 0.3 is 0 Å². The number of carbonyl (C=O) groups excluding carboxylic acids is 2. The molecule has 0 aromatic heterocycles. The summed E-state index contributed by atoms with van der Waals surface area (Å²) in [7, 11) is 1.73. The Labute approximate surface area is 79.1 Å². The van der Waals surface area contributed by atoms with Crippen molar-refractivity contribution in [1.82, 2.24) is 10.6 Å². The zero-order chi connectivity index (χ0) is 10.4. The molecule has 0 aromatic carbocycles. The van der Waals surface area contributed by atoms with Crippen molar-refractivity contribution in [1.29, 1.82) is 0 Å². The molecule has 2 N–H and O–H groups in total. The van der Waals surface area contributed by atoms with Crippen LogP contribution in [0, 0.1) is 5.92 Å². The molecule has 0 saturated heterocycles. The lowest BCUT2D eigenvalue weighted by atomic mass is 10.0. The van der Waals surface area contributed by atoms with Crippen LogP contribution < -0.4 is 10.6 Å². The van der Waals surface area contributed by atoms with E-state index in [-0.39, 0.29) is 17.9 Å². The number of nitrogens with one attached hydrogen (secondary N) is 2. The lowest BCUT2D eigenvalue weighted by Crippen LogP contribution is -2.48. The first kappa shape index (κ1) is 12.1. The molecule has 0 fully saturated rings. The zero-order valence-corrected chi connectivity index (χ0v) is 8.63. The smallest absolute Gasteiger partial charge is 0.237 e. The molecule has 0 radical (unpaired) electrons. The summed E-state index contributed by atoms with van der Waals surface area (Å²) in [5.74, 6) is 0.0842. The highest BCUT2D eigenvalue weighted by Gasteiger charge is 2.20. The molecule has 0 aromatic rings. The maximum atomic E-state index is 11.5. The summed E-state index contributed by atoms with van der Waals surface area (Å²) in [5, 5.41) is 5.50. The Balaban J connectivity index is 4.13. The van der Waals surface area contributed by atoms with E-state index in [1.165, 1.54) is 0 Å². The number of amides is 1. The van der Waals surface area contributed by atoms with E-state index in [0.29, 0.717) is 6.29 Å². The second-order valence-corrected chi connectivity index (χ2v) is 3.44.